The Balaban J connectivity index is 1.56. The standard InChI is InChI=1S/C15H30N2O/c1-13-4-5-14(2)15(12-13)16-6-3-7-17-8-10-18-11-9-17/h13-16H,3-12H2,1-2H3. The summed E-state index contributed by atoms with van der Waals surface area (Å²) in [5.74, 6) is 1.78. The van der Waals surface area contributed by atoms with Crippen LogP contribution in [0.15, 0.2) is 0 Å². The van der Waals surface area contributed by atoms with Gasteiger partial charge in [0, 0.05) is 19.1 Å². The van der Waals surface area contributed by atoms with E-state index in [2.05, 4.69) is 24.1 Å². The van der Waals surface area contributed by atoms with Gasteiger partial charge < -0.3 is 10.1 Å². The molecular weight excluding hydrogens is 224 g/mol. The van der Waals surface area contributed by atoms with Crippen LogP contribution in [0.5, 0.6) is 0 Å². The van der Waals surface area contributed by atoms with Crippen LogP contribution < -0.4 is 5.32 Å². The zero-order valence-corrected chi connectivity index (χ0v) is 12.2. The van der Waals surface area contributed by atoms with Crippen LogP contribution in [0.4, 0.5) is 0 Å². The van der Waals surface area contributed by atoms with Crippen molar-refractivity contribution in [2.45, 2.75) is 45.6 Å². The number of nitrogens with zero attached hydrogens (tertiary/aromatic N) is 1. The molecule has 1 saturated carbocycles. The van der Waals surface area contributed by atoms with Crippen LogP contribution in [0.1, 0.15) is 39.5 Å². The summed E-state index contributed by atoms with van der Waals surface area (Å²) in [5, 5.41) is 3.78. The highest BCUT2D eigenvalue weighted by molar-refractivity contribution is 4.81. The maximum atomic E-state index is 5.37. The molecule has 2 aliphatic rings. The lowest BCUT2D eigenvalue weighted by atomic mass is 9.80. The molecule has 1 aliphatic heterocycles. The van der Waals surface area contributed by atoms with Gasteiger partial charge >= 0.3 is 0 Å². The molecule has 3 unspecified atom stereocenters. The molecule has 3 atom stereocenters. The number of ether oxygens (including phenoxy) is 1. The topological polar surface area (TPSA) is 24.5 Å². The molecule has 1 saturated heterocycles. The summed E-state index contributed by atoms with van der Waals surface area (Å²) in [6, 6.07) is 0.762. The predicted octanol–water partition coefficient (Wildman–Crippen LogP) is 2.12. The van der Waals surface area contributed by atoms with Gasteiger partial charge in [-0.3, -0.25) is 4.90 Å². The van der Waals surface area contributed by atoms with Crippen molar-refractivity contribution >= 4 is 0 Å². The Morgan fingerprint density at radius 1 is 1.17 bits per heavy atom. The Morgan fingerprint density at radius 3 is 2.72 bits per heavy atom. The lowest BCUT2D eigenvalue weighted by Crippen LogP contribution is -2.42. The van der Waals surface area contributed by atoms with Gasteiger partial charge in [0.05, 0.1) is 13.2 Å². The van der Waals surface area contributed by atoms with Gasteiger partial charge in [0.25, 0.3) is 0 Å². The minimum Gasteiger partial charge on any atom is -0.379 e. The molecule has 0 aromatic carbocycles. The molecule has 106 valence electrons. The zero-order chi connectivity index (χ0) is 12.8. The molecule has 2 fully saturated rings. The van der Waals surface area contributed by atoms with Gasteiger partial charge in [-0.1, -0.05) is 20.3 Å². The summed E-state index contributed by atoms with van der Waals surface area (Å²) in [4.78, 5) is 2.53. The first-order valence-corrected chi connectivity index (χ1v) is 7.79. The van der Waals surface area contributed by atoms with Crippen molar-refractivity contribution in [1.29, 1.82) is 0 Å². The maximum Gasteiger partial charge on any atom is 0.0594 e. The Bertz CT molecular complexity index is 229. The smallest absolute Gasteiger partial charge is 0.0594 e. The van der Waals surface area contributed by atoms with E-state index in [4.69, 9.17) is 4.74 Å². The second-order valence-electron chi connectivity index (χ2n) is 6.26. The third-order valence-electron chi connectivity index (χ3n) is 4.62. The van der Waals surface area contributed by atoms with E-state index in [1.807, 2.05) is 0 Å². The first kappa shape index (κ1) is 14.3. The molecule has 1 heterocycles. The highest BCUT2D eigenvalue weighted by Crippen LogP contribution is 2.28. The normalized spacial score (nSPS) is 34.7. The summed E-state index contributed by atoms with van der Waals surface area (Å²) in [6.45, 7) is 11.3. The Morgan fingerprint density at radius 2 is 1.94 bits per heavy atom. The van der Waals surface area contributed by atoms with Crippen LogP contribution in [-0.4, -0.2) is 50.3 Å². The molecule has 0 aromatic heterocycles. The quantitative estimate of drug-likeness (QED) is 0.761. The van der Waals surface area contributed by atoms with Crippen molar-refractivity contribution in [1.82, 2.24) is 10.2 Å². The first-order valence-electron chi connectivity index (χ1n) is 7.79. The number of rotatable bonds is 5. The second kappa shape index (κ2) is 7.46. The van der Waals surface area contributed by atoms with Crippen molar-refractivity contribution in [3.05, 3.63) is 0 Å². The van der Waals surface area contributed by atoms with E-state index < -0.39 is 0 Å². The molecule has 3 nitrogen and oxygen atoms in total. The highest BCUT2D eigenvalue weighted by Gasteiger charge is 2.24. The van der Waals surface area contributed by atoms with Crippen LogP contribution >= 0.6 is 0 Å². The van der Waals surface area contributed by atoms with E-state index in [0.717, 1.165) is 44.2 Å². The van der Waals surface area contributed by atoms with E-state index in [-0.39, 0.29) is 0 Å². The van der Waals surface area contributed by atoms with E-state index in [9.17, 15) is 0 Å². The molecule has 18 heavy (non-hydrogen) atoms. The number of hydrogen-bond donors (Lipinski definition) is 1. The lowest BCUT2D eigenvalue weighted by Gasteiger charge is -2.34. The zero-order valence-electron chi connectivity index (χ0n) is 12.2. The van der Waals surface area contributed by atoms with Crippen molar-refractivity contribution in [2.75, 3.05) is 39.4 Å². The number of morpholine rings is 1. The fourth-order valence-electron chi connectivity index (χ4n) is 3.23. The Hall–Kier alpha value is -0.120. The lowest BCUT2D eigenvalue weighted by molar-refractivity contribution is 0.0372. The number of nitrogens with one attached hydrogen (secondary N) is 1. The van der Waals surface area contributed by atoms with E-state index in [0.29, 0.717) is 0 Å². The van der Waals surface area contributed by atoms with E-state index >= 15 is 0 Å². The SMILES string of the molecule is CC1CCC(C)C(NCCCN2CCOCC2)C1. The fourth-order valence-corrected chi connectivity index (χ4v) is 3.23. The van der Waals surface area contributed by atoms with Gasteiger partial charge in [-0.15, -0.1) is 0 Å². The van der Waals surface area contributed by atoms with Crippen molar-refractivity contribution in [3.63, 3.8) is 0 Å². The van der Waals surface area contributed by atoms with E-state index in [1.54, 1.807) is 0 Å². The van der Waals surface area contributed by atoms with Crippen molar-refractivity contribution in [3.8, 4) is 0 Å². The minimum absolute atomic E-state index is 0.762. The van der Waals surface area contributed by atoms with Gasteiger partial charge in [0.2, 0.25) is 0 Å². The Labute approximate surface area is 112 Å². The third-order valence-corrected chi connectivity index (χ3v) is 4.62. The number of hydrogen-bond acceptors (Lipinski definition) is 3. The molecule has 2 rings (SSSR count). The summed E-state index contributed by atoms with van der Waals surface area (Å²) in [5.41, 5.74) is 0. The molecule has 3 heteroatoms. The van der Waals surface area contributed by atoms with Crippen molar-refractivity contribution < 1.29 is 4.74 Å². The second-order valence-corrected chi connectivity index (χ2v) is 6.26. The molecule has 0 amide bonds. The van der Waals surface area contributed by atoms with Gasteiger partial charge in [-0.05, 0) is 44.2 Å². The minimum atomic E-state index is 0.762. The molecule has 1 N–H and O–H groups in total. The highest BCUT2D eigenvalue weighted by atomic mass is 16.5. The van der Waals surface area contributed by atoms with Crippen molar-refractivity contribution in [2.24, 2.45) is 11.8 Å². The van der Waals surface area contributed by atoms with Crippen LogP contribution in [0.25, 0.3) is 0 Å². The van der Waals surface area contributed by atoms with Crippen LogP contribution in [0.3, 0.4) is 0 Å². The average molecular weight is 254 g/mol. The molecule has 0 bridgehead atoms. The average Bonchev–Trinajstić information content (AvgIpc) is 2.40. The summed E-state index contributed by atoms with van der Waals surface area (Å²) in [7, 11) is 0. The molecule has 0 aromatic rings. The molecule has 0 spiro atoms. The largest absolute Gasteiger partial charge is 0.379 e. The monoisotopic (exact) mass is 254 g/mol. The maximum absolute atomic E-state index is 5.37. The van der Waals surface area contributed by atoms with Gasteiger partial charge in [-0.25, -0.2) is 0 Å². The van der Waals surface area contributed by atoms with Gasteiger partial charge in [0.15, 0.2) is 0 Å². The molecule has 1 aliphatic carbocycles. The van der Waals surface area contributed by atoms with Crippen LogP contribution in [0.2, 0.25) is 0 Å². The fraction of sp³-hybridized carbons (Fsp3) is 1.00. The molecule has 0 radical (unpaired) electrons. The summed E-state index contributed by atoms with van der Waals surface area (Å²) in [6.07, 6.45) is 5.48. The summed E-state index contributed by atoms with van der Waals surface area (Å²) >= 11 is 0. The molecular formula is C15H30N2O. The predicted molar refractivity (Wildman–Crippen MR) is 75.8 cm³/mol. The van der Waals surface area contributed by atoms with E-state index in [1.165, 1.54) is 38.8 Å². The van der Waals surface area contributed by atoms with Gasteiger partial charge in [0.1, 0.15) is 0 Å². The van der Waals surface area contributed by atoms with Crippen LogP contribution in [-0.2, 0) is 4.74 Å². The Kier molecular flexibility index (Phi) is 5.93. The first-order chi connectivity index (χ1) is 8.75. The van der Waals surface area contributed by atoms with Crippen LogP contribution in [0, 0.1) is 11.8 Å². The van der Waals surface area contributed by atoms with Gasteiger partial charge in [-0.2, -0.15) is 0 Å². The third kappa shape index (κ3) is 4.52. The summed E-state index contributed by atoms with van der Waals surface area (Å²) < 4.78 is 5.37.